The Bertz CT molecular complexity index is 396. The van der Waals surface area contributed by atoms with Crippen LogP contribution in [0.1, 0.15) is 0 Å². The second kappa shape index (κ2) is 2.23. The third kappa shape index (κ3) is 0.903. The molecule has 0 radical (unpaired) electrons. The van der Waals surface area contributed by atoms with Gasteiger partial charge in [-0.2, -0.15) is 8.76 Å². The van der Waals surface area contributed by atoms with Gasteiger partial charge in [-0.25, -0.2) is 4.39 Å². The van der Waals surface area contributed by atoms with Gasteiger partial charge >= 0.3 is 0 Å². The maximum Gasteiger partial charge on any atom is 0.235 e. The molecule has 0 saturated carbocycles. The predicted octanol–water partition coefficient (Wildman–Crippen LogP) is 2.57. The molecule has 0 bridgehead atoms. The number of halogens is 2. The van der Waals surface area contributed by atoms with Gasteiger partial charge in [0.2, 0.25) is 5.95 Å². The summed E-state index contributed by atoms with van der Waals surface area (Å²) in [6.07, 6.45) is 0. The summed E-state index contributed by atoms with van der Waals surface area (Å²) >= 11 is 0.963. The summed E-state index contributed by atoms with van der Waals surface area (Å²) in [7, 11) is 0. The van der Waals surface area contributed by atoms with Crippen molar-refractivity contribution in [3.05, 3.63) is 30.0 Å². The topological polar surface area (TPSA) is 12.9 Å². The van der Waals surface area contributed by atoms with Gasteiger partial charge in [0.1, 0.15) is 5.82 Å². The molecule has 1 aromatic heterocycles. The second-order valence-electron chi connectivity index (χ2n) is 2.09. The van der Waals surface area contributed by atoms with Crippen molar-refractivity contribution in [1.82, 2.24) is 4.37 Å². The fourth-order valence-corrected chi connectivity index (χ4v) is 1.60. The van der Waals surface area contributed by atoms with Crippen LogP contribution in [0.3, 0.4) is 0 Å². The highest BCUT2D eigenvalue weighted by atomic mass is 32.1. The van der Waals surface area contributed by atoms with Gasteiger partial charge in [-0.1, -0.05) is 6.07 Å². The molecule has 2 aromatic rings. The van der Waals surface area contributed by atoms with E-state index in [1.165, 1.54) is 12.1 Å². The van der Waals surface area contributed by atoms with Gasteiger partial charge in [-0.05, 0) is 23.7 Å². The van der Waals surface area contributed by atoms with Crippen LogP contribution in [-0.4, -0.2) is 4.37 Å². The van der Waals surface area contributed by atoms with Crippen molar-refractivity contribution in [3.8, 4) is 0 Å². The normalized spacial score (nSPS) is 10.7. The van der Waals surface area contributed by atoms with Crippen molar-refractivity contribution >= 4 is 21.6 Å². The molecule has 0 saturated heterocycles. The van der Waals surface area contributed by atoms with Gasteiger partial charge < -0.3 is 0 Å². The van der Waals surface area contributed by atoms with E-state index in [1.807, 2.05) is 0 Å². The number of hydrogen-bond acceptors (Lipinski definition) is 2. The third-order valence-electron chi connectivity index (χ3n) is 1.41. The van der Waals surface area contributed by atoms with Gasteiger partial charge in [0.15, 0.2) is 0 Å². The highest BCUT2D eigenvalue weighted by molar-refractivity contribution is 7.13. The lowest BCUT2D eigenvalue weighted by atomic mass is 10.3. The van der Waals surface area contributed by atoms with E-state index in [-0.39, 0.29) is 5.39 Å². The van der Waals surface area contributed by atoms with Crippen LogP contribution >= 0.6 is 11.5 Å². The summed E-state index contributed by atoms with van der Waals surface area (Å²) in [5.41, 5.74) is 0. The van der Waals surface area contributed by atoms with E-state index in [0.717, 1.165) is 11.5 Å². The van der Waals surface area contributed by atoms with E-state index in [2.05, 4.69) is 4.37 Å². The van der Waals surface area contributed by atoms with Crippen LogP contribution in [-0.2, 0) is 0 Å². The number of nitrogens with zero attached hydrogens (tertiary/aromatic N) is 1. The Balaban J connectivity index is 2.96. The molecule has 0 aliphatic heterocycles. The number of hydrogen-bond donors (Lipinski definition) is 0. The highest BCUT2D eigenvalue weighted by Gasteiger charge is 2.08. The first-order valence-electron chi connectivity index (χ1n) is 2.98. The zero-order chi connectivity index (χ0) is 7.84. The van der Waals surface area contributed by atoms with Crippen molar-refractivity contribution in [2.45, 2.75) is 0 Å². The standard InChI is InChI=1S/C7H3F2NS/c8-4-2-1-3-5-6(4)7(9)10-11-5/h1-3H. The Morgan fingerprint density at radius 2 is 2.09 bits per heavy atom. The van der Waals surface area contributed by atoms with Crippen LogP contribution in [0.5, 0.6) is 0 Å². The molecule has 0 aliphatic carbocycles. The Morgan fingerprint density at radius 3 is 2.82 bits per heavy atom. The number of aromatic nitrogens is 1. The quantitative estimate of drug-likeness (QED) is 0.593. The Morgan fingerprint density at radius 1 is 1.27 bits per heavy atom. The van der Waals surface area contributed by atoms with Crippen LogP contribution in [0.2, 0.25) is 0 Å². The fourth-order valence-electron chi connectivity index (χ4n) is 0.916. The van der Waals surface area contributed by atoms with Crippen molar-refractivity contribution in [1.29, 1.82) is 0 Å². The molecule has 0 aliphatic rings. The molecule has 56 valence electrons. The van der Waals surface area contributed by atoms with Crippen LogP contribution in [0.15, 0.2) is 18.2 Å². The van der Waals surface area contributed by atoms with Gasteiger partial charge in [0.25, 0.3) is 0 Å². The summed E-state index contributed by atoms with van der Waals surface area (Å²) in [5.74, 6) is -1.27. The molecule has 1 heterocycles. The van der Waals surface area contributed by atoms with Gasteiger partial charge in [-0.15, -0.1) is 0 Å². The molecule has 0 atom stereocenters. The maximum absolute atomic E-state index is 12.8. The van der Waals surface area contributed by atoms with E-state index < -0.39 is 11.8 Å². The molecule has 0 unspecified atom stereocenters. The largest absolute Gasteiger partial charge is 0.235 e. The number of benzene rings is 1. The van der Waals surface area contributed by atoms with Crippen molar-refractivity contribution in [2.75, 3.05) is 0 Å². The summed E-state index contributed by atoms with van der Waals surface area (Å²) in [6, 6.07) is 4.40. The van der Waals surface area contributed by atoms with Crippen LogP contribution in [0.25, 0.3) is 10.1 Å². The number of fused-ring (bicyclic) bond motifs is 1. The molecule has 0 amide bonds. The van der Waals surface area contributed by atoms with Gasteiger partial charge in [-0.3, -0.25) is 0 Å². The Labute approximate surface area is 65.4 Å². The predicted molar refractivity (Wildman–Crippen MR) is 39.5 cm³/mol. The number of rotatable bonds is 0. The average Bonchev–Trinajstić information content (AvgIpc) is 2.34. The van der Waals surface area contributed by atoms with Crippen molar-refractivity contribution in [3.63, 3.8) is 0 Å². The first-order chi connectivity index (χ1) is 5.29. The van der Waals surface area contributed by atoms with E-state index in [9.17, 15) is 8.78 Å². The zero-order valence-electron chi connectivity index (χ0n) is 5.34. The maximum atomic E-state index is 12.8. The van der Waals surface area contributed by atoms with Crippen LogP contribution in [0.4, 0.5) is 8.78 Å². The molecule has 0 fully saturated rings. The van der Waals surface area contributed by atoms with Gasteiger partial charge in [0, 0.05) is 0 Å². The van der Waals surface area contributed by atoms with E-state index in [4.69, 9.17) is 0 Å². The lowest BCUT2D eigenvalue weighted by molar-refractivity contribution is 0.589. The van der Waals surface area contributed by atoms with E-state index in [1.54, 1.807) is 6.07 Å². The Hall–Kier alpha value is -1.03. The molecule has 2 rings (SSSR count). The molecule has 11 heavy (non-hydrogen) atoms. The molecular formula is C7H3F2NS. The SMILES string of the molecule is Fc1cccc2snc(F)c12. The van der Waals surface area contributed by atoms with Crippen LogP contribution in [0, 0.1) is 11.8 Å². The minimum absolute atomic E-state index is 0.00231. The Kier molecular flexibility index (Phi) is 1.35. The zero-order valence-corrected chi connectivity index (χ0v) is 6.16. The first-order valence-corrected chi connectivity index (χ1v) is 3.76. The average molecular weight is 171 g/mol. The summed E-state index contributed by atoms with van der Waals surface area (Å²) < 4.78 is 29.4. The van der Waals surface area contributed by atoms with Crippen LogP contribution < -0.4 is 0 Å². The molecular weight excluding hydrogens is 168 g/mol. The minimum atomic E-state index is -0.719. The van der Waals surface area contributed by atoms with Crippen molar-refractivity contribution < 1.29 is 8.78 Å². The molecule has 4 heteroatoms. The lowest BCUT2D eigenvalue weighted by Crippen LogP contribution is -1.77. The molecule has 0 spiro atoms. The molecule has 1 nitrogen and oxygen atoms in total. The first kappa shape index (κ1) is 6.67. The monoisotopic (exact) mass is 171 g/mol. The molecule has 1 aromatic carbocycles. The third-order valence-corrected chi connectivity index (χ3v) is 2.19. The van der Waals surface area contributed by atoms with Gasteiger partial charge in [0.05, 0.1) is 10.1 Å². The lowest BCUT2D eigenvalue weighted by Gasteiger charge is -1.87. The van der Waals surface area contributed by atoms with Crippen molar-refractivity contribution in [2.24, 2.45) is 0 Å². The molecule has 0 N–H and O–H groups in total. The smallest absolute Gasteiger partial charge is 0.206 e. The fraction of sp³-hybridized carbons (Fsp3) is 0. The minimum Gasteiger partial charge on any atom is -0.206 e. The summed E-state index contributed by atoms with van der Waals surface area (Å²) in [6.45, 7) is 0. The summed E-state index contributed by atoms with van der Waals surface area (Å²) in [4.78, 5) is 0. The van der Waals surface area contributed by atoms with E-state index >= 15 is 0 Å². The highest BCUT2D eigenvalue weighted by Crippen LogP contribution is 2.23. The summed E-state index contributed by atoms with van der Waals surface area (Å²) in [5, 5.41) is -0.00231. The van der Waals surface area contributed by atoms with E-state index in [0.29, 0.717) is 4.70 Å². The second-order valence-corrected chi connectivity index (χ2v) is 2.89.